The molecule has 2 N–H and O–H groups in total. The summed E-state index contributed by atoms with van der Waals surface area (Å²) in [5.74, 6) is -0.108. The Morgan fingerprint density at radius 2 is 2.15 bits per heavy atom. The van der Waals surface area contributed by atoms with Gasteiger partial charge < -0.3 is 15.0 Å². The highest BCUT2D eigenvalue weighted by Gasteiger charge is 2.29. The third kappa shape index (κ3) is 3.85. The number of aliphatic hydroxyl groups is 1. The van der Waals surface area contributed by atoms with Gasteiger partial charge in [-0.1, -0.05) is 26.2 Å². The summed E-state index contributed by atoms with van der Waals surface area (Å²) in [7, 11) is 0. The Hall–Kier alpha value is -0.810. The van der Waals surface area contributed by atoms with E-state index in [1.165, 1.54) is 6.42 Å². The molecule has 0 radical (unpaired) electrons. The third-order valence-corrected chi connectivity index (χ3v) is 4.36. The summed E-state index contributed by atoms with van der Waals surface area (Å²) in [6, 6.07) is 1.83. The van der Waals surface area contributed by atoms with Crippen LogP contribution in [0.5, 0.6) is 0 Å². The lowest BCUT2D eigenvalue weighted by atomic mass is 9.85. The molecule has 1 amide bonds. The Morgan fingerprint density at radius 1 is 1.45 bits per heavy atom. The largest absolute Gasteiger partial charge is 0.388 e. The van der Waals surface area contributed by atoms with Gasteiger partial charge in [0.1, 0.15) is 5.69 Å². The summed E-state index contributed by atoms with van der Waals surface area (Å²) in [5, 5.41) is 13.3. The molecule has 0 aliphatic heterocycles. The molecule has 5 heteroatoms. The van der Waals surface area contributed by atoms with Gasteiger partial charge in [-0.25, -0.2) is 0 Å². The first-order chi connectivity index (χ1) is 9.54. The highest BCUT2D eigenvalue weighted by Crippen LogP contribution is 2.27. The van der Waals surface area contributed by atoms with Crippen LogP contribution in [0.15, 0.2) is 16.7 Å². The first-order valence-electron chi connectivity index (χ1n) is 7.40. The standard InChI is InChI=1S/C15H23BrN2O2/c1-2-8-18-10-12(16)9-13(18)14(19)17-11-15(20)6-4-3-5-7-15/h9-10,20H,2-8,11H2,1H3,(H,17,19). The number of amides is 1. The fourth-order valence-corrected chi connectivity index (χ4v) is 3.28. The van der Waals surface area contributed by atoms with E-state index in [9.17, 15) is 9.90 Å². The summed E-state index contributed by atoms with van der Waals surface area (Å²) in [5.41, 5.74) is -0.0639. The van der Waals surface area contributed by atoms with Crippen LogP contribution in [0.2, 0.25) is 0 Å². The Kier molecular flexibility index (Phi) is 5.27. The van der Waals surface area contributed by atoms with Gasteiger partial charge in [-0.3, -0.25) is 4.79 Å². The zero-order valence-corrected chi connectivity index (χ0v) is 13.6. The summed E-state index contributed by atoms with van der Waals surface area (Å²) < 4.78 is 2.86. The Balaban J connectivity index is 1.97. The molecule has 1 aliphatic carbocycles. The molecule has 1 heterocycles. The number of aromatic nitrogens is 1. The molecule has 1 aliphatic rings. The second-order valence-corrected chi connectivity index (χ2v) is 6.62. The summed E-state index contributed by atoms with van der Waals surface area (Å²) in [4.78, 5) is 12.3. The molecule has 4 nitrogen and oxygen atoms in total. The monoisotopic (exact) mass is 342 g/mol. The van der Waals surface area contributed by atoms with Gasteiger partial charge in [-0.05, 0) is 41.3 Å². The van der Waals surface area contributed by atoms with Gasteiger partial charge in [-0.15, -0.1) is 0 Å². The summed E-state index contributed by atoms with van der Waals surface area (Å²) >= 11 is 3.41. The van der Waals surface area contributed by atoms with Crippen LogP contribution in [0.1, 0.15) is 55.9 Å². The van der Waals surface area contributed by atoms with Gasteiger partial charge >= 0.3 is 0 Å². The van der Waals surface area contributed by atoms with Crippen LogP contribution in [0.25, 0.3) is 0 Å². The van der Waals surface area contributed by atoms with Gasteiger partial charge in [0.15, 0.2) is 0 Å². The first kappa shape index (κ1) is 15.6. The van der Waals surface area contributed by atoms with Crippen LogP contribution in [-0.4, -0.2) is 27.7 Å². The Bertz CT molecular complexity index is 464. The molecule has 0 spiro atoms. The van der Waals surface area contributed by atoms with E-state index in [0.29, 0.717) is 12.2 Å². The average Bonchev–Trinajstić information content (AvgIpc) is 2.79. The number of halogens is 1. The number of hydrogen-bond acceptors (Lipinski definition) is 2. The van der Waals surface area contributed by atoms with Crippen LogP contribution in [-0.2, 0) is 6.54 Å². The number of carbonyl (C=O) groups is 1. The van der Waals surface area contributed by atoms with E-state index in [1.807, 2.05) is 16.8 Å². The van der Waals surface area contributed by atoms with Gasteiger partial charge in [0.2, 0.25) is 0 Å². The minimum atomic E-state index is -0.715. The van der Waals surface area contributed by atoms with Crippen molar-refractivity contribution in [2.45, 2.75) is 57.6 Å². The van der Waals surface area contributed by atoms with Gasteiger partial charge in [-0.2, -0.15) is 0 Å². The topological polar surface area (TPSA) is 54.3 Å². The molecule has 1 aromatic rings. The lowest BCUT2D eigenvalue weighted by Gasteiger charge is -2.32. The van der Waals surface area contributed by atoms with Crippen molar-refractivity contribution in [3.8, 4) is 0 Å². The molecule has 0 saturated heterocycles. The molecule has 0 bridgehead atoms. The van der Waals surface area contributed by atoms with Crippen LogP contribution >= 0.6 is 15.9 Å². The molecular weight excluding hydrogens is 320 g/mol. The molecule has 0 atom stereocenters. The molecule has 1 fully saturated rings. The van der Waals surface area contributed by atoms with Crippen molar-refractivity contribution in [1.82, 2.24) is 9.88 Å². The number of hydrogen-bond donors (Lipinski definition) is 2. The number of carbonyl (C=O) groups excluding carboxylic acids is 1. The second-order valence-electron chi connectivity index (χ2n) is 5.70. The van der Waals surface area contributed by atoms with Crippen molar-refractivity contribution in [1.29, 1.82) is 0 Å². The quantitative estimate of drug-likeness (QED) is 0.863. The molecular formula is C15H23BrN2O2. The highest BCUT2D eigenvalue weighted by atomic mass is 79.9. The number of nitrogens with one attached hydrogen (secondary N) is 1. The summed E-state index contributed by atoms with van der Waals surface area (Å²) in [6.07, 6.45) is 7.75. The van der Waals surface area contributed by atoms with Gasteiger partial charge in [0, 0.05) is 23.8 Å². The van der Waals surface area contributed by atoms with Gasteiger partial charge in [0.25, 0.3) is 5.91 Å². The minimum Gasteiger partial charge on any atom is -0.388 e. The zero-order chi connectivity index (χ0) is 14.6. The van der Waals surface area contributed by atoms with Gasteiger partial charge in [0.05, 0.1) is 5.60 Å². The van der Waals surface area contributed by atoms with E-state index >= 15 is 0 Å². The summed E-state index contributed by atoms with van der Waals surface area (Å²) in [6.45, 7) is 3.25. The fourth-order valence-electron chi connectivity index (χ4n) is 2.81. The third-order valence-electron chi connectivity index (χ3n) is 3.92. The lowest BCUT2D eigenvalue weighted by molar-refractivity contribution is 0.00517. The van der Waals surface area contributed by atoms with Crippen molar-refractivity contribution in [2.24, 2.45) is 0 Å². The fraction of sp³-hybridized carbons (Fsp3) is 0.667. The molecule has 1 aromatic heterocycles. The predicted octanol–water partition coefficient (Wildman–Crippen LogP) is 3.09. The van der Waals surface area contributed by atoms with Crippen molar-refractivity contribution >= 4 is 21.8 Å². The van der Waals surface area contributed by atoms with Crippen LogP contribution in [0.3, 0.4) is 0 Å². The lowest BCUT2D eigenvalue weighted by Crippen LogP contribution is -2.44. The van der Waals surface area contributed by atoms with Crippen LogP contribution in [0.4, 0.5) is 0 Å². The molecule has 112 valence electrons. The molecule has 0 aromatic carbocycles. The predicted molar refractivity (Wildman–Crippen MR) is 82.8 cm³/mol. The van der Waals surface area contributed by atoms with Crippen molar-refractivity contribution in [2.75, 3.05) is 6.54 Å². The van der Waals surface area contributed by atoms with Crippen molar-refractivity contribution in [3.05, 3.63) is 22.4 Å². The minimum absolute atomic E-state index is 0.108. The van der Waals surface area contributed by atoms with E-state index in [-0.39, 0.29) is 5.91 Å². The number of rotatable bonds is 5. The average molecular weight is 343 g/mol. The highest BCUT2D eigenvalue weighted by molar-refractivity contribution is 9.10. The van der Waals surface area contributed by atoms with E-state index in [1.54, 1.807) is 0 Å². The van der Waals surface area contributed by atoms with Crippen molar-refractivity contribution in [3.63, 3.8) is 0 Å². The molecule has 20 heavy (non-hydrogen) atoms. The Morgan fingerprint density at radius 3 is 2.80 bits per heavy atom. The van der Waals surface area contributed by atoms with Crippen LogP contribution < -0.4 is 5.32 Å². The van der Waals surface area contributed by atoms with Crippen molar-refractivity contribution < 1.29 is 9.90 Å². The number of nitrogens with zero attached hydrogens (tertiary/aromatic N) is 1. The Labute approximate surface area is 128 Å². The molecule has 1 saturated carbocycles. The van der Waals surface area contributed by atoms with E-state index < -0.39 is 5.60 Å². The molecule has 0 unspecified atom stereocenters. The zero-order valence-electron chi connectivity index (χ0n) is 12.0. The van der Waals surface area contributed by atoms with E-state index in [2.05, 4.69) is 28.2 Å². The maximum Gasteiger partial charge on any atom is 0.268 e. The second kappa shape index (κ2) is 6.76. The smallest absolute Gasteiger partial charge is 0.268 e. The normalized spacial score (nSPS) is 17.9. The number of aryl methyl sites for hydroxylation is 1. The maximum absolute atomic E-state index is 12.3. The van der Waals surface area contributed by atoms with Crippen LogP contribution in [0, 0.1) is 0 Å². The SMILES string of the molecule is CCCn1cc(Br)cc1C(=O)NCC1(O)CCCCC1. The maximum atomic E-state index is 12.3. The van der Waals surface area contributed by atoms with E-state index in [0.717, 1.165) is 43.1 Å². The molecule has 2 rings (SSSR count). The van der Waals surface area contributed by atoms with E-state index in [4.69, 9.17) is 0 Å². The first-order valence-corrected chi connectivity index (χ1v) is 8.20.